The van der Waals surface area contributed by atoms with Gasteiger partial charge in [0.25, 0.3) is 0 Å². The van der Waals surface area contributed by atoms with Gasteiger partial charge in [0.15, 0.2) is 0 Å². The lowest BCUT2D eigenvalue weighted by Crippen LogP contribution is -2.63. The van der Waals surface area contributed by atoms with Gasteiger partial charge in [0.05, 0.1) is 5.54 Å². The molecule has 70 valence electrons. The molecule has 0 atom stereocenters. The van der Waals surface area contributed by atoms with Crippen LogP contribution in [0, 0.1) is 6.92 Å². The van der Waals surface area contributed by atoms with Gasteiger partial charge in [-0.05, 0) is 30.2 Å². The van der Waals surface area contributed by atoms with Crippen LogP contribution < -0.4 is 11.1 Å². The predicted molar refractivity (Wildman–Crippen MR) is 54.9 cm³/mol. The third-order valence-corrected chi connectivity index (χ3v) is 2.85. The van der Waals surface area contributed by atoms with E-state index < -0.39 is 0 Å². The van der Waals surface area contributed by atoms with Crippen molar-refractivity contribution in [3.05, 3.63) is 34.3 Å². The normalized spacial score (nSPS) is 19.6. The van der Waals surface area contributed by atoms with Gasteiger partial charge in [-0.3, -0.25) is 0 Å². The van der Waals surface area contributed by atoms with Crippen molar-refractivity contribution in [3.8, 4) is 0 Å². The molecule has 0 bridgehead atoms. The summed E-state index contributed by atoms with van der Waals surface area (Å²) in [5, 5.41) is 3.94. The topological polar surface area (TPSA) is 38.0 Å². The molecule has 13 heavy (non-hydrogen) atoms. The fourth-order valence-corrected chi connectivity index (χ4v) is 1.89. The van der Waals surface area contributed by atoms with E-state index in [4.69, 9.17) is 17.3 Å². The minimum Gasteiger partial charge on any atom is -0.319 e. The summed E-state index contributed by atoms with van der Waals surface area (Å²) >= 11 is 5.93. The summed E-state index contributed by atoms with van der Waals surface area (Å²) in [5.74, 6) is 0. The van der Waals surface area contributed by atoms with Gasteiger partial charge in [-0.2, -0.15) is 0 Å². The number of nitrogens with one attached hydrogen (secondary N) is 1. The molecule has 2 rings (SSSR count). The molecule has 1 fully saturated rings. The van der Waals surface area contributed by atoms with Gasteiger partial charge >= 0.3 is 0 Å². The van der Waals surface area contributed by atoms with E-state index in [-0.39, 0.29) is 5.54 Å². The van der Waals surface area contributed by atoms with Crippen LogP contribution in [0.4, 0.5) is 0 Å². The first-order chi connectivity index (χ1) is 6.12. The van der Waals surface area contributed by atoms with Crippen molar-refractivity contribution >= 4 is 11.6 Å². The maximum absolute atomic E-state index is 6.17. The van der Waals surface area contributed by atoms with Crippen molar-refractivity contribution in [1.82, 2.24) is 5.32 Å². The average molecular weight is 197 g/mol. The molecular weight excluding hydrogens is 184 g/mol. The second-order valence-electron chi connectivity index (χ2n) is 3.72. The van der Waals surface area contributed by atoms with Gasteiger partial charge in [-0.25, -0.2) is 0 Å². The zero-order chi connectivity index (χ0) is 9.47. The largest absolute Gasteiger partial charge is 0.319 e. The molecule has 1 aromatic carbocycles. The molecule has 3 N–H and O–H groups in total. The Balaban J connectivity index is 2.43. The molecule has 0 spiro atoms. The number of hydrogen-bond donors (Lipinski definition) is 2. The maximum atomic E-state index is 6.17. The van der Waals surface area contributed by atoms with Gasteiger partial charge < -0.3 is 11.1 Å². The van der Waals surface area contributed by atoms with E-state index in [1.54, 1.807) is 0 Å². The summed E-state index contributed by atoms with van der Waals surface area (Å²) in [6, 6.07) is 5.89. The molecule has 1 aliphatic heterocycles. The van der Waals surface area contributed by atoms with Crippen LogP contribution in [0.5, 0.6) is 0 Å². The van der Waals surface area contributed by atoms with Crippen molar-refractivity contribution in [2.24, 2.45) is 5.73 Å². The van der Waals surface area contributed by atoms with Gasteiger partial charge in [0, 0.05) is 18.1 Å². The number of hydrogen-bond acceptors (Lipinski definition) is 2. The van der Waals surface area contributed by atoms with Crippen molar-refractivity contribution < 1.29 is 0 Å². The number of benzene rings is 1. The van der Waals surface area contributed by atoms with Gasteiger partial charge in [0.1, 0.15) is 0 Å². The van der Waals surface area contributed by atoms with Crippen LogP contribution in [0.3, 0.4) is 0 Å². The molecule has 3 heteroatoms. The standard InChI is InChI=1S/C10H13ClN2/c1-7-2-3-8(11)4-9(7)10(12)5-13-6-10/h2-4,13H,5-6,12H2,1H3. The summed E-state index contributed by atoms with van der Waals surface area (Å²) in [6.07, 6.45) is 0. The Morgan fingerprint density at radius 1 is 1.46 bits per heavy atom. The van der Waals surface area contributed by atoms with Crippen LogP contribution in [0.15, 0.2) is 18.2 Å². The third kappa shape index (κ3) is 1.46. The summed E-state index contributed by atoms with van der Waals surface area (Å²) in [4.78, 5) is 0. The van der Waals surface area contributed by atoms with E-state index >= 15 is 0 Å². The molecule has 0 amide bonds. The predicted octanol–water partition coefficient (Wildman–Crippen LogP) is 1.41. The van der Waals surface area contributed by atoms with Crippen molar-refractivity contribution in [1.29, 1.82) is 0 Å². The highest BCUT2D eigenvalue weighted by Gasteiger charge is 2.35. The van der Waals surface area contributed by atoms with Crippen molar-refractivity contribution in [2.45, 2.75) is 12.5 Å². The van der Waals surface area contributed by atoms with E-state index in [2.05, 4.69) is 12.2 Å². The van der Waals surface area contributed by atoms with Gasteiger partial charge in [0.2, 0.25) is 0 Å². The number of halogens is 1. The number of nitrogens with two attached hydrogens (primary N) is 1. The first-order valence-corrected chi connectivity index (χ1v) is 4.76. The first-order valence-electron chi connectivity index (χ1n) is 4.38. The maximum Gasteiger partial charge on any atom is 0.0665 e. The molecule has 1 heterocycles. The van der Waals surface area contributed by atoms with Gasteiger partial charge in [-0.1, -0.05) is 17.7 Å². The second-order valence-corrected chi connectivity index (χ2v) is 4.16. The monoisotopic (exact) mass is 196 g/mol. The molecule has 0 aliphatic carbocycles. The Hall–Kier alpha value is -0.570. The fourth-order valence-electron chi connectivity index (χ4n) is 1.72. The third-order valence-electron chi connectivity index (χ3n) is 2.62. The Morgan fingerprint density at radius 2 is 2.15 bits per heavy atom. The summed E-state index contributed by atoms with van der Waals surface area (Å²) in [7, 11) is 0. The lowest BCUT2D eigenvalue weighted by atomic mass is 9.83. The van der Waals surface area contributed by atoms with Crippen LogP contribution in [-0.2, 0) is 5.54 Å². The Morgan fingerprint density at radius 3 is 2.69 bits per heavy atom. The highest BCUT2D eigenvalue weighted by molar-refractivity contribution is 6.30. The lowest BCUT2D eigenvalue weighted by Gasteiger charge is -2.40. The Bertz CT molecular complexity index is 332. The van der Waals surface area contributed by atoms with Crippen molar-refractivity contribution in [2.75, 3.05) is 13.1 Å². The van der Waals surface area contributed by atoms with Crippen LogP contribution in [0.25, 0.3) is 0 Å². The van der Waals surface area contributed by atoms with E-state index in [0.717, 1.165) is 18.1 Å². The molecule has 2 nitrogen and oxygen atoms in total. The minimum atomic E-state index is -0.199. The molecule has 0 saturated carbocycles. The highest BCUT2D eigenvalue weighted by Crippen LogP contribution is 2.27. The SMILES string of the molecule is Cc1ccc(Cl)cc1C1(N)CNC1. The number of rotatable bonds is 1. The molecular formula is C10H13ClN2. The molecule has 0 aromatic heterocycles. The Labute approximate surface area is 83.1 Å². The van der Waals surface area contributed by atoms with Crippen LogP contribution in [-0.4, -0.2) is 13.1 Å². The summed E-state index contributed by atoms with van der Waals surface area (Å²) in [5.41, 5.74) is 8.35. The Kier molecular flexibility index (Phi) is 2.06. The highest BCUT2D eigenvalue weighted by atomic mass is 35.5. The van der Waals surface area contributed by atoms with E-state index in [0.29, 0.717) is 0 Å². The molecule has 0 unspecified atom stereocenters. The second kappa shape index (κ2) is 2.98. The van der Waals surface area contributed by atoms with E-state index in [9.17, 15) is 0 Å². The van der Waals surface area contributed by atoms with E-state index in [1.807, 2.05) is 18.2 Å². The molecule has 1 aromatic rings. The molecule has 1 aliphatic rings. The smallest absolute Gasteiger partial charge is 0.0665 e. The zero-order valence-corrected chi connectivity index (χ0v) is 8.36. The summed E-state index contributed by atoms with van der Waals surface area (Å²) in [6.45, 7) is 3.75. The van der Waals surface area contributed by atoms with Gasteiger partial charge in [-0.15, -0.1) is 0 Å². The lowest BCUT2D eigenvalue weighted by molar-refractivity contribution is 0.286. The molecule has 0 radical (unpaired) electrons. The summed E-state index contributed by atoms with van der Waals surface area (Å²) < 4.78 is 0. The minimum absolute atomic E-state index is 0.199. The average Bonchev–Trinajstić information content (AvgIpc) is 2.05. The number of aryl methyl sites for hydroxylation is 1. The zero-order valence-electron chi connectivity index (χ0n) is 7.60. The van der Waals surface area contributed by atoms with Crippen LogP contribution in [0.1, 0.15) is 11.1 Å². The van der Waals surface area contributed by atoms with E-state index in [1.165, 1.54) is 11.1 Å². The van der Waals surface area contributed by atoms with Crippen LogP contribution >= 0.6 is 11.6 Å². The van der Waals surface area contributed by atoms with Crippen molar-refractivity contribution in [3.63, 3.8) is 0 Å². The molecule has 1 saturated heterocycles. The first kappa shape index (κ1) is 9.00. The quantitative estimate of drug-likeness (QED) is 0.713. The fraction of sp³-hybridized carbons (Fsp3) is 0.400. The van der Waals surface area contributed by atoms with Crippen LogP contribution in [0.2, 0.25) is 5.02 Å².